The van der Waals surface area contributed by atoms with Gasteiger partial charge in [-0.15, -0.1) is 0 Å². The molecule has 1 N–H and O–H groups in total. The number of carbonyl (C=O) groups is 3. The Balaban J connectivity index is 1.03. The fourth-order valence-corrected chi connectivity index (χ4v) is 7.84. The molecule has 2 aromatic carbocycles. The standard InChI is InChI=1S/C37H50N4O4/c1-2-3-23-41-35(43)33(26-28-9-5-4-6-10-28)38-36(44)37(41)19-24-39(25-20-37)27-29-11-15-31(16-12-29)45-32-17-13-30(14-18-32)34(42)40-21-7-8-22-40/h11-18,28,33H,2-10,19-27H2,1H3,(H,38,44)/t33-/m0/s1. The maximum Gasteiger partial charge on any atom is 0.253 e. The van der Waals surface area contributed by atoms with Crippen molar-refractivity contribution in [1.82, 2.24) is 20.0 Å². The van der Waals surface area contributed by atoms with Gasteiger partial charge in [0.1, 0.15) is 23.1 Å². The molecule has 1 atom stereocenters. The van der Waals surface area contributed by atoms with E-state index in [1.807, 2.05) is 46.2 Å². The number of nitrogens with zero attached hydrogens (tertiary/aromatic N) is 3. The van der Waals surface area contributed by atoms with E-state index < -0.39 is 5.54 Å². The molecule has 0 unspecified atom stereocenters. The van der Waals surface area contributed by atoms with Crippen molar-refractivity contribution < 1.29 is 19.1 Å². The maximum absolute atomic E-state index is 13.8. The van der Waals surface area contributed by atoms with Gasteiger partial charge in [-0.3, -0.25) is 19.3 Å². The maximum atomic E-state index is 13.8. The summed E-state index contributed by atoms with van der Waals surface area (Å²) in [6.45, 7) is 6.84. The number of amides is 3. The summed E-state index contributed by atoms with van der Waals surface area (Å²) >= 11 is 0. The van der Waals surface area contributed by atoms with E-state index in [0.29, 0.717) is 36.6 Å². The predicted octanol–water partition coefficient (Wildman–Crippen LogP) is 6.15. The number of hydrogen-bond acceptors (Lipinski definition) is 5. The van der Waals surface area contributed by atoms with Crippen LogP contribution >= 0.6 is 0 Å². The van der Waals surface area contributed by atoms with Crippen LogP contribution in [0, 0.1) is 5.92 Å². The minimum Gasteiger partial charge on any atom is -0.457 e. The van der Waals surface area contributed by atoms with Crippen LogP contribution in [0.2, 0.25) is 0 Å². The van der Waals surface area contributed by atoms with Crippen molar-refractivity contribution in [3.8, 4) is 11.5 Å². The van der Waals surface area contributed by atoms with Crippen LogP contribution in [0.4, 0.5) is 0 Å². The fourth-order valence-electron chi connectivity index (χ4n) is 7.84. The number of piperidine rings is 1. The molecular formula is C37H50N4O4. The highest BCUT2D eigenvalue weighted by atomic mass is 16.5. The fraction of sp³-hybridized carbons (Fsp3) is 0.595. The number of carbonyl (C=O) groups excluding carboxylic acids is 3. The first-order valence-electron chi connectivity index (χ1n) is 17.5. The topological polar surface area (TPSA) is 82.2 Å². The lowest BCUT2D eigenvalue weighted by Crippen LogP contribution is -2.73. The monoisotopic (exact) mass is 614 g/mol. The summed E-state index contributed by atoms with van der Waals surface area (Å²) in [5.41, 5.74) is 1.16. The third kappa shape index (κ3) is 7.21. The molecule has 8 nitrogen and oxygen atoms in total. The van der Waals surface area contributed by atoms with E-state index in [1.54, 1.807) is 0 Å². The van der Waals surface area contributed by atoms with E-state index in [4.69, 9.17) is 4.74 Å². The molecule has 3 amide bonds. The van der Waals surface area contributed by atoms with E-state index in [2.05, 4.69) is 29.3 Å². The first-order valence-corrected chi connectivity index (χ1v) is 17.5. The number of unbranched alkanes of at least 4 members (excludes halogenated alkanes) is 1. The van der Waals surface area contributed by atoms with Crippen LogP contribution in [0.3, 0.4) is 0 Å². The molecule has 4 fully saturated rings. The largest absolute Gasteiger partial charge is 0.457 e. The van der Waals surface area contributed by atoms with E-state index in [-0.39, 0.29) is 23.8 Å². The van der Waals surface area contributed by atoms with Gasteiger partial charge in [-0.1, -0.05) is 57.6 Å². The quantitative estimate of drug-likeness (QED) is 0.347. The predicted molar refractivity (Wildman–Crippen MR) is 175 cm³/mol. The molecule has 3 saturated heterocycles. The summed E-state index contributed by atoms with van der Waals surface area (Å²) in [5, 5.41) is 3.21. The first kappa shape index (κ1) is 31.6. The molecule has 1 saturated carbocycles. The van der Waals surface area contributed by atoms with Gasteiger partial charge in [-0.05, 0) is 86.4 Å². The molecule has 242 valence electrons. The van der Waals surface area contributed by atoms with Gasteiger partial charge in [0, 0.05) is 44.8 Å². The molecule has 6 rings (SSSR count). The van der Waals surface area contributed by atoms with Crippen molar-refractivity contribution in [3.63, 3.8) is 0 Å². The van der Waals surface area contributed by atoms with Gasteiger partial charge in [-0.2, -0.15) is 0 Å². The highest BCUT2D eigenvalue weighted by Gasteiger charge is 2.53. The van der Waals surface area contributed by atoms with Crippen LogP contribution in [-0.4, -0.2) is 76.7 Å². The first-order chi connectivity index (χ1) is 21.9. The van der Waals surface area contributed by atoms with Gasteiger partial charge in [-0.25, -0.2) is 0 Å². The highest BCUT2D eigenvalue weighted by molar-refractivity contribution is 6.00. The van der Waals surface area contributed by atoms with Crippen molar-refractivity contribution in [2.75, 3.05) is 32.7 Å². The molecule has 45 heavy (non-hydrogen) atoms. The van der Waals surface area contributed by atoms with Crippen LogP contribution in [0.1, 0.15) is 99.9 Å². The Morgan fingerprint density at radius 2 is 1.51 bits per heavy atom. The molecule has 1 aliphatic carbocycles. The van der Waals surface area contributed by atoms with E-state index in [0.717, 1.165) is 70.6 Å². The molecule has 1 spiro atoms. The summed E-state index contributed by atoms with van der Waals surface area (Å²) in [6.07, 6.45) is 12.3. The number of ether oxygens (including phenoxy) is 1. The van der Waals surface area contributed by atoms with Crippen molar-refractivity contribution in [1.29, 1.82) is 0 Å². The molecule has 3 aliphatic heterocycles. The Morgan fingerprint density at radius 3 is 2.16 bits per heavy atom. The van der Waals surface area contributed by atoms with Crippen molar-refractivity contribution in [3.05, 3.63) is 59.7 Å². The molecule has 0 bridgehead atoms. The smallest absolute Gasteiger partial charge is 0.253 e. The van der Waals surface area contributed by atoms with Crippen LogP contribution < -0.4 is 10.1 Å². The zero-order chi connectivity index (χ0) is 31.2. The van der Waals surface area contributed by atoms with Crippen molar-refractivity contribution in [2.45, 2.75) is 102 Å². The summed E-state index contributed by atoms with van der Waals surface area (Å²) < 4.78 is 6.06. The summed E-state index contributed by atoms with van der Waals surface area (Å²) in [6, 6.07) is 15.2. The zero-order valence-electron chi connectivity index (χ0n) is 27.0. The Kier molecular flexibility index (Phi) is 10.1. The zero-order valence-corrected chi connectivity index (χ0v) is 27.0. The van der Waals surface area contributed by atoms with Crippen molar-refractivity contribution in [2.24, 2.45) is 5.92 Å². The van der Waals surface area contributed by atoms with Crippen LogP contribution in [0.15, 0.2) is 48.5 Å². The number of likely N-dealkylation sites (tertiary alicyclic amines) is 2. The second-order valence-corrected chi connectivity index (χ2v) is 13.7. The van der Waals surface area contributed by atoms with Gasteiger partial charge >= 0.3 is 0 Å². The van der Waals surface area contributed by atoms with Gasteiger partial charge in [0.15, 0.2) is 0 Å². The Labute approximate surface area is 268 Å². The number of hydrogen-bond donors (Lipinski definition) is 1. The second kappa shape index (κ2) is 14.4. The average Bonchev–Trinajstić information content (AvgIpc) is 3.61. The lowest BCUT2D eigenvalue weighted by molar-refractivity contribution is -0.162. The van der Waals surface area contributed by atoms with E-state index >= 15 is 0 Å². The molecule has 4 aliphatic rings. The van der Waals surface area contributed by atoms with Crippen LogP contribution in [0.5, 0.6) is 11.5 Å². The number of nitrogens with one attached hydrogen (secondary N) is 1. The van der Waals surface area contributed by atoms with Crippen LogP contribution in [0.25, 0.3) is 0 Å². The second-order valence-electron chi connectivity index (χ2n) is 13.7. The van der Waals surface area contributed by atoms with Crippen LogP contribution in [-0.2, 0) is 16.1 Å². The van der Waals surface area contributed by atoms with Crippen molar-refractivity contribution >= 4 is 17.7 Å². The third-order valence-electron chi connectivity index (χ3n) is 10.6. The molecule has 0 radical (unpaired) electrons. The summed E-state index contributed by atoms with van der Waals surface area (Å²) in [5.74, 6) is 2.30. The summed E-state index contributed by atoms with van der Waals surface area (Å²) in [4.78, 5) is 46.5. The number of benzene rings is 2. The lowest BCUT2D eigenvalue weighted by atomic mass is 9.79. The Bertz CT molecular complexity index is 1310. The summed E-state index contributed by atoms with van der Waals surface area (Å²) in [7, 11) is 0. The average molecular weight is 615 g/mol. The molecule has 0 aromatic heterocycles. The van der Waals surface area contributed by atoms with Gasteiger partial charge < -0.3 is 19.9 Å². The minimum atomic E-state index is -0.724. The molecule has 3 heterocycles. The number of piperazine rings is 1. The van der Waals surface area contributed by atoms with E-state index in [1.165, 1.54) is 37.7 Å². The van der Waals surface area contributed by atoms with Gasteiger partial charge in [0.2, 0.25) is 11.8 Å². The Hall–Kier alpha value is -3.39. The Morgan fingerprint density at radius 1 is 0.867 bits per heavy atom. The lowest BCUT2D eigenvalue weighted by Gasteiger charge is -2.52. The normalized spacial score (nSPS) is 22.6. The highest BCUT2D eigenvalue weighted by Crippen LogP contribution is 2.36. The van der Waals surface area contributed by atoms with Gasteiger partial charge in [0.25, 0.3) is 5.91 Å². The minimum absolute atomic E-state index is 0.0635. The SMILES string of the molecule is CCCCN1C(=O)[C@H](CC2CCCCC2)NC(=O)C12CCN(Cc1ccc(Oc3ccc(C(=O)N4CCCC4)cc3)cc1)CC2. The molecule has 2 aromatic rings. The van der Waals surface area contributed by atoms with E-state index in [9.17, 15) is 14.4 Å². The molecular weight excluding hydrogens is 564 g/mol. The third-order valence-corrected chi connectivity index (χ3v) is 10.6. The number of rotatable bonds is 10. The van der Waals surface area contributed by atoms with Gasteiger partial charge in [0.05, 0.1) is 0 Å². The molecule has 8 heteroatoms.